The summed E-state index contributed by atoms with van der Waals surface area (Å²) in [5.74, 6) is 0.915. The van der Waals surface area contributed by atoms with E-state index in [1.54, 1.807) is 7.11 Å². The summed E-state index contributed by atoms with van der Waals surface area (Å²) in [6.45, 7) is 2.91. The quantitative estimate of drug-likeness (QED) is 0.883. The number of ether oxygens (including phenoxy) is 1. The average Bonchev–Trinajstić information content (AvgIpc) is 2.45. The van der Waals surface area contributed by atoms with Crippen molar-refractivity contribution in [2.45, 2.75) is 19.5 Å². The summed E-state index contributed by atoms with van der Waals surface area (Å²) in [6.07, 6.45) is 0. The number of para-hydroxylation sites is 1. The topological polar surface area (TPSA) is 21.3 Å². The Hall–Kier alpha value is -1.51. The van der Waals surface area contributed by atoms with Crippen LogP contribution in [0.1, 0.15) is 24.1 Å². The molecular formula is C16H18ClNO. The number of nitrogens with one attached hydrogen (secondary N) is 1. The molecule has 100 valence electrons. The van der Waals surface area contributed by atoms with Crippen LogP contribution in [0.25, 0.3) is 0 Å². The number of hydrogen-bond acceptors (Lipinski definition) is 2. The molecule has 3 heteroatoms. The third-order valence-electron chi connectivity index (χ3n) is 3.16. The van der Waals surface area contributed by atoms with Crippen LogP contribution in [0.15, 0.2) is 48.5 Å². The van der Waals surface area contributed by atoms with Crippen LogP contribution in [0, 0.1) is 0 Å². The summed E-state index contributed by atoms with van der Waals surface area (Å²) in [6, 6.07) is 16.2. The molecule has 0 saturated heterocycles. The molecule has 0 saturated carbocycles. The van der Waals surface area contributed by atoms with E-state index in [0.717, 1.165) is 22.9 Å². The monoisotopic (exact) mass is 275 g/mol. The van der Waals surface area contributed by atoms with Crippen molar-refractivity contribution in [2.24, 2.45) is 0 Å². The third kappa shape index (κ3) is 3.72. The molecule has 0 radical (unpaired) electrons. The van der Waals surface area contributed by atoms with E-state index in [1.807, 2.05) is 42.5 Å². The molecule has 2 nitrogen and oxygen atoms in total. The molecular weight excluding hydrogens is 258 g/mol. The summed E-state index contributed by atoms with van der Waals surface area (Å²) in [7, 11) is 1.70. The number of hydrogen-bond donors (Lipinski definition) is 1. The largest absolute Gasteiger partial charge is 0.496 e. The van der Waals surface area contributed by atoms with E-state index in [-0.39, 0.29) is 6.04 Å². The van der Waals surface area contributed by atoms with Crippen LogP contribution in [0.5, 0.6) is 5.75 Å². The van der Waals surface area contributed by atoms with Gasteiger partial charge in [0.15, 0.2) is 0 Å². The molecule has 0 bridgehead atoms. The fraction of sp³-hybridized carbons (Fsp3) is 0.250. The van der Waals surface area contributed by atoms with E-state index >= 15 is 0 Å². The van der Waals surface area contributed by atoms with Crippen molar-refractivity contribution in [1.29, 1.82) is 0 Å². The fourth-order valence-corrected chi connectivity index (χ4v) is 2.11. The van der Waals surface area contributed by atoms with Gasteiger partial charge in [0.05, 0.1) is 7.11 Å². The van der Waals surface area contributed by atoms with Crippen molar-refractivity contribution < 1.29 is 4.74 Å². The molecule has 1 N–H and O–H groups in total. The molecule has 1 atom stereocenters. The SMILES string of the molecule is COc1ccccc1CNC(C)c1ccc(Cl)cc1. The van der Waals surface area contributed by atoms with Crippen molar-refractivity contribution in [1.82, 2.24) is 5.32 Å². The normalized spacial score (nSPS) is 12.2. The molecule has 2 aromatic carbocycles. The molecule has 0 aliphatic carbocycles. The summed E-state index contributed by atoms with van der Waals surface area (Å²) in [5, 5.41) is 4.25. The first kappa shape index (κ1) is 13.9. The maximum absolute atomic E-state index is 5.89. The summed E-state index contributed by atoms with van der Waals surface area (Å²) in [5.41, 5.74) is 2.38. The zero-order valence-corrected chi connectivity index (χ0v) is 11.9. The van der Waals surface area contributed by atoms with E-state index in [9.17, 15) is 0 Å². The second-order valence-electron chi connectivity index (χ2n) is 4.47. The van der Waals surface area contributed by atoms with Crippen LogP contribution in [0.2, 0.25) is 5.02 Å². The van der Waals surface area contributed by atoms with Crippen LogP contribution < -0.4 is 10.1 Å². The Morgan fingerprint density at radius 3 is 2.47 bits per heavy atom. The van der Waals surface area contributed by atoms with Gasteiger partial charge in [0.2, 0.25) is 0 Å². The predicted molar refractivity (Wildman–Crippen MR) is 79.7 cm³/mol. The van der Waals surface area contributed by atoms with Gasteiger partial charge in [-0.05, 0) is 30.7 Å². The highest BCUT2D eigenvalue weighted by Gasteiger charge is 2.06. The second kappa shape index (κ2) is 6.60. The molecule has 0 fully saturated rings. The molecule has 0 aromatic heterocycles. The number of halogens is 1. The van der Waals surface area contributed by atoms with E-state index < -0.39 is 0 Å². The first-order valence-electron chi connectivity index (χ1n) is 6.31. The summed E-state index contributed by atoms with van der Waals surface area (Å²) < 4.78 is 5.34. The molecule has 2 aromatic rings. The van der Waals surface area contributed by atoms with Crippen LogP contribution in [0.4, 0.5) is 0 Å². The zero-order chi connectivity index (χ0) is 13.7. The van der Waals surface area contributed by atoms with Gasteiger partial charge in [0.1, 0.15) is 5.75 Å². The van der Waals surface area contributed by atoms with Crippen molar-refractivity contribution in [3.05, 3.63) is 64.7 Å². The Labute approximate surface area is 119 Å². The highest BCUT2D eigenvalue weighted by atomic mass is 35.5. The number of rotatable bonds is 5. The van der Waals surface area contributed by atoms with Gasteiger partial charge < -0.3 is 10.1 Å². The van der Waals surface area contributed by atoms with E-state index in [2.05, 4.69) is 18.3 Å². The van der Waals surface area contributed by atoms with Crippen molar-refractivity contribution >= 4 is 11.6 Å². The number of methoxy groups -OCH3 is 1. The Kier molecular flexibility index (Phi) is 4.83. The Morgan fingerprint density at radius 1 is 1.11 bits per heavy atom. The minimum Gasteiger partial charge on any atom is -0.496 e. The highest BCUT2D eigenvalue weighted by molar-refractivity contribution is 6.30. The number of benzene rings is 2. The lowest BCUT2D eigenvalue weighted by Gasteiger charge is -2.15. The van der Waals surface area contributed by atoms with Crippen LogP contribution in [-0.2, 0) is 6.54 Å². The van der Waals surface area contributed by atoms with E-state index in [4.69, 9.17) is 16.3 Å². The van der Waals surface area contributed by atoms with Crippen molar-refractivity contribution in [2.75, 3.05) is 7.11 Å². The van der Waals surface area contributed by atoms with Gasteiger partial charge in [-0.3, -0.25) is 0 Å². The zero-order valence-electron chi connectivity index (χ0n) is 11.2. The predicted octanol–water partition coefficient (Wildman–Crippen LogP) is 4.20. The first-order chi connectivity index (χ1) is 9.20. The first-order valence-corrected chi connectivity index (χ1v) is 6.69. The summed E-state index contributed by atoms with van der Waals surface area (Å²) in [4.78, 5) is 0. The maximum Gasteiger partial charge on any atom is 0.123 e. The van der Waals surface area contributed by atoms with Gasteiger partial charge in [-0.2, -0.15) is 0 Å². The van der Waals surface area contributed by atoms with Crippen LogP contribution in [0.3, 0.4) is 0 Å². The standard InChI is InChI=1S/C16H18ClNO/c1-12(13-7-9-15(17)10-8-13)18-11-14-5-3-4-6-16(14)19-2/h3-10,12,18H,11H2,1-2H3. The molecule has 2 rings (SSSR count). The molecule has 0 heterocycles. The Morgan fingerprint density at radius 2 is 1.79 bits per heavy atom. The minimum atomic E-state index is 0.266. The van der Waals surface area contributed by atoms with Gasteiger partial charge in [-0.15, -0.1) is 0 Å². The molecule has 0 amide bonds. The molecule has 0 spiro atoms. The van der Waals surface area contributed by atoms with Crippen molar-refractivity contribution in [3.63, 3.8) is 0 Å². The minimum absolute atomic E-state index is 0.266. The third-order valence-corrected chi connectivity index (χ3v) is 3.41. The Bertz CT molecular complexity index is 525. The highest BCUT2D eigenvalue weighted by Crippen LogP contribution is 2.20. The Balaban J connectivity index is 2.00. The molecule has 19 heavy (non-hydrogen) atoms. The maximum atomic E-state index is 5.89. The van der Waals surface area contributed by atoms with Gasteiger partial charge in [-0.1, -0.05) is 41.9 Å². The summed E-state index contributed by atoms with van der Waals surface area (Å²) >= 11 is 5.89. The van der Waals surface area contributed by atoms with Crippen LogP contribution in [-0.4, -0.2) is 7.11 Å². The average molecular weight is 276 g/mol. The van der Waals surface area contributed by atoms with Gasteiger partial charge >= 0.3 is 0 Å². The smallest absolute Gasteiger partial charge is 0.123 e. The van der Waals surface area contributed by atoms with Crippen molar-refractivity contribution in [3.8, 4) is 5.75 Å². The van der Waals surface area contributed by atoms with E-state index in [0.29, 0.717) is 0 Å². The molecule has 0 aliphatic heterocycles. The van der Waals surface area contributed by atoms with Gasteiger partial charge in [0.25, 0.3) is 0 Å². The fourth-order valence-electron chi connectivity index (χ4n) is 1.98. The lowest BCUT2D eigenvalue weighted by atomic mass is 10.1. The lowest BCUT2D eigenvalue weighted by molar-refractivity contribution is 0.406. The molecule has 1 unspecified atom stereocenters. The van der Waals surface area contributed by atoms with Crippen LogP contribution >= 0.6 is 11.6 Å². The van der Waals surface area contributed by atoms with E-state index in [1.165, 1.54) is 5.56 Å². The molecule has 0 aliphatic rings. The van der Waals surface area contributed by atoms with Gasteiger partial charge in [0, 0.05) is 23.2 Å². The van der Waals surface area contributed by atoms with Gasteiger partial charge in [-0.25, -0.2) is 0 Å². The second-order valence-corrected chi connectivity index (χ2v) is 4.90. The lowest BCUT2D eigenvalue weighted by Crippen LogP contribution is -2.18.